The van der Waals surface area contributed by atoms with Gasteiger partial charge in [-0.3, -0.25) is 0 Å². The molecule has 112 valence electrons. The fourth-order valence-electron chi connectivity index (χ4n) is 2.69. The van der Waals surface area contributed by atoms with E-state index in [-0.39, 0.29) is 5.75 Å². The summed E-state index contributed by atoms with van der Waals surface area (Å²) in [6, 6.07) is 19.0. The van der Waals surface area contributed by atoms with Gasteiger partial charge in [-0.1, -0.05) is 48.0 Å². The van der Waals surface area contributed by atoms with E-state index in [0.29, 0.717) is 27.2 Å². The Morgan fingerprint density at radius 1 is 0.870 bits per heavy atom. The normalized spacial score (nSPS) is 11.0. The van der Waals surface area contributed by atoms with Crippen molar-refractivity contribution in [2.24, 2.45) is 0 Å². The number of halogens is 1. The van der Waals surface area contributed by atoms with Crippen LogP contribution in [0.5, 0.6) is 5.75 Å². The first-order valence-corrected chi connectivity index (χ1v) is 7.49. The van der Waals surface area contributed by atoms with Gasteiger partial charge in [-0.05, 0) is 35.4 Å². The van der Waals surface area contributed by atoms with Crippen LogP contribution in [0.15, 0.2) is 60.7 Å². The molecule has 0 aliphatic carbocycles. The number of aromatic hydroxyl groups is 1. The smallest absolute Gasteiger partial charge is 0.123 e. The van der Waals surface area contributed by atoms with E-state index in [1.54, 1.807) is 18.2 Å². The fraction of sp³-hybridized carbons (Fsp3) is 0. The summed E-state index contributed by atoms with van der Waals surface area (Å²) in [5, 5.41) is 21.7. The molecule has 0 unspecified atom stereocenters. The van der Waals surface area contributed by atoms with Crippen LogP contribution in [0.4, 0.5) is 0 Å². The second-order valence-electron chi connectivity index (χ2n) is 5.21. The highest BCUT2D eigenvalue weighted by Gasteiger charge is 2.16. The molecule has 0 saturated carbocycles. The van der Waals surface area contributed by atoms with Crippen LogP contribution >= 0.6 is 11.6 Å². The Balaban J connectivity index is 1.98. The summed E-state index contributed by atoms with van der Waals surface area (Å²) in [5.74, 6) is 0.155. The Hall–Kier alpha value is -2.85. The quantitative estimate of drug-likeness (QED) is 0.565. The van der Waals surface area contributed by atoms with Crippen LogP contribution in [0.2, 0.25) is 5.02 Å². The van der Waals surface area contributed by atoms with Crippen LogP contribution in [-0.2, 0) is 0 Å². The summed E-state index contributed by atoms with van der Waals surface area (Å²) >= 11 is 6.37. The third-order valence-corrected chi connectivity index (χ3v) is 4.13. The monoisotopic (exact) mass is 321 g/mol. The lowest BCUT2D eigenvalue weighted by atomic mass is 9.97. The minimum atomic E-state index is 0.155. The molecule has 1 heterocycles. The van der Waals surface area contributed by atoms with Gasteiger partial charge in [-0.25, -0.2) is 0 Å². The lowest BCUT2D eigenvalue weighted by Crippen LogP contribution is -1.86. The zero-order valence-electron chi connectivity index (χ0n) is 12.0. The second kappa shape index (κ2) is 5.41. The van der Waals surface area contributed by atoms with Crippen molar-refractivity contribution < 1.29 is 5.11 Å². The summed E-state index contributed by atoms with van der Waals surface area (Å²) in [4.78, 5) is 0. The first-order valence-electron chi connectivity index (χ1n) is 7.12. The number of hydrogen-bond donors (Lipinski definition) is 2. The average molecular weight is 322 g/mol. The highest BCUT2D eigenvalue weighted by molar-refractivity contribution is 6.35. The third-order valence-electron chi connectivity index (χ3n) is 3.81. The van der Waals surface area contributed by atoms with E-state index in [1.807, 2.05) is 42.5 Å². The predicted molar refractivity (Wildman–Crippen MR) is 91.4 cm³/mol. The Kier molecular flexibility index (Phi) is 3.24. The molecule has 4 nitrogen and oxygen atoms in total. The zero-order valence-corrected chi connectivity index (χ0v) is 12.7. The lowest BCUT2D eigenvalue weighted by Gasteiger charge is -2.10. The topological polar surface area (TPSA) is 61.8 Å². The van der Waals surface area contributed by atoms with Gasteiger partial charge in [0.05, 0.1) is 5.02 Å². The SMILES string of the molecule is Oc1ccc(-c2ccccc2)cc1-c1c(Cl)ccc2n[nH]nc12. The molecule has 0 bridgehead atoms. The molecule has 5 heteroatoms. The molecule has 4 rings (SSSR count). The number of phenolic OH excluding ortho intramolecular Hbond substituents is 1. The second-order valence-corrected chi connectivity index (χ2v) is 5.62. The maximum Gasteiger partial charge on any atom is 0.123 e. The van der Waals surface area contributed by atoms with Crippen LogP contribution in [0.25, 0.3) is 33.3 Å². The van der Waals surface area contributed by atoms with E-state index in [4.69, 9.17) is 11.6 Å². The molecule has 2 N–H and O–H groups in total. The van der Waals surface area contributed by atoms with Gasteiger partial charge in [0.15, 0.2) is 0 Å². The number of hydrogen-bond acceptors (Lipinski definition) is 3. The first kappa shape index (κ1) is 13.8. The van der Waals surface area contributed by atoms with Crippen molar-refractivity contribution in [3.63, 3.8) is 0 Å². The largest absolute Gasteiger partial charge is 0.507 e. The van der Waals surface area contributed by atoms with Crippen LogP contribution in [-0.4, -0.2) is 20.5 Å². The number of fused-ring (bicyclic) bond motifs is 1. The van der Waals surface area contributed by atoms with Crippen molar-refractivity contribution in [2.45, 2.75) is 0 Å². The Morgan fingerprint density at radius 3 is 2.52 bits per heavy atom. The molecule has 0 radical (unpaired) electrons. The summed E-state index contributed by atoms with van der Waals surface area (Å²) in [6.07, 6.45) is 0. The van der Waals surface area contributed by atoms with Gasteiger partial charge >= 0.3 is 0 Å². The summed E-state index contributed by atoms with van der Waals surface area (Å²) in [5.41, 5.74) is 4.71. The van der Waals surface area contributed by atoms with E-state index >= 15 is 0 Å². The minimum absolute atomic E-state index is 0.155. The molecule has 0 amide bonds. The van der Waals surface area contributed by atoms with E-state index in [1.165, 1.54) is 0 Å². The van der Waals surface area contributed by atoms with Crippen molar-refractivity contribution in [1.29, 1.82) is 0 Å². The third kappa shape index (κ3) is 2.33. The molecule has 23 heavy (non-hydrogen) atoms. The Morgan fingerprint density at radius 2 is 1.70 bits per heavy atom. The van der Waals surface area contributed by atoms with Crippen LogP contribution in [0.1, 0.15) is 0 Å². The number of phenols is 1. The number of H-pyrrole nitrogens is 1. The lowest BCUT2D eigenvalue weighted by molar-refractivity contribution is 0.477. The summed E-state index contributed by atoms with van der Waals surface area (Å²) < 4.78 is 0. The van der Waals surface area contributed by atoms with Crippen LogP contribution < -0.4 is 0 Å². The highest BCUT2D eigenvalue weighted by atomic mass is 35.5. The molecule has 1 aromatic heterocycles. The molecular formula is C18H12ClN3O. The maximum atomic E-state index is 10.3. The van der Waals surface area contributed by atoms with Crippen molar-refractivity contribution in [3.05, 3.63) is 65.7 Å². The van der Waals surface area contributed by atoms with Crippen LogP contribution in [0, 0.1) is 0 Å². The number of rotatable bonds is 2. The van der Waals surface area contributed by atoms with Gasteiger partial charge in [0.1, 0.15) is 16.8 Å². The molecule has 0 aliphatic heterocycles. The van der Waals surface area contributed by atoms with Gasteiger partial charge in [0, 0.05) is 11.1 Å². The summed E-state index contributed by atoms with van der Waals surface area (Å²) in [7, 11) is 0. The molecule has 3 aromatic carbocycles. The van der Waals surface area contributed by atoms with Crippen LogP contribution in [0.3, 0.4) is 0 Å². The maximum absolute atomic E-state index is 10.3. The van der Waals surface area contributed by atoms with Gasteiger partial charge in [-0.15, -0.1) is 0 Å². The van der Waals surface area contributed by atoms with E-state index in [9.17, 15) is 5.11 Å². The fourth-order valence-corrected chi connectivity index (χ4v) is 2.94. The molecule has 4 aromatic rings. The molecular weight excluding hydrogens is 310 g/mol. The van der Waals surface area contributed by atoms with E-state index < -0.39 is 0 Å². The molecule has 0 atom stereocenters. The number of benzene rings is 3. The number of aromatic nitrogens is 3. The number of aromatic amines is 1. The number of nitrogens with one attached hydrogen (secondary N) is 1. The molecule has 0 spiro atoms. The van der Waals surface area contributed by atoms with Gasteiger partial charge in [0.25, 0.3) is 0 Å². The van der Waals surface area contributed by atoms with E-state index in [2.05, 4.69) is 15.4 Å². The zero-order chi connectivity index (χ0) is 15.8. The standard InChI is InChI=1S/C18H12ClN3O/c19-14-7-8-15-18(21-22-20-15)17(14)13-10-12(6-9-16(13)23)11-4-2-1-3-5-11/h1-10,23H,(H,20,21,22). The molecule has 0 fully saturated rings. The first-order chi connectivity index (χ1) is 11.2. The Bertz CT molecular complexity index is 996. The van der Waals surface area contributed by atoms with Crippen molar-refractivity contribution in [3.8, 4) is 28.0 Å². The van der Waals surface area contributed by atoms with Gasteiger partial charge < -0.3 is 5.11 Å². The number of nitrogens with zero attached hydrogens (tertiary/aromatic N) is 2. The molecule has 0 saturated heterocycles. The highest BCUT2D eigenvalue weighted by Crippen LogP contribution is 2.40. The predicted octanol–water partition coefficient (Wildman–Crippen LogP) is 4.65. The van der Waals surface area contributed by atoms with Gasteiger partial charge in [-0.2, -0.15) is 15.4 Å². The van der Waals surface area contributed by atoms with Gasteiger partial charge in [0.2, 0.25) is 0 Å². The van der Waals surface area contributed by atoms with Crippen molar-refractivity contribution in [1.82, 2.24) is 15.4 Å². The average Bonchev–Trinajstić information content (AvgIpc) is 3.05. The molecule has 0 aliphatic rings. The summed E-state index contributed by atoms with van der Waals surface area (Å²) in [6.45, 7) is 0. The van der Waals surface area contributed by atoms with Crippen molar-refractivity contribution >= 4 is 22.6 Å². The van der Waals surface area contributed by atoms with Crippen molar-refractivity contribution in [2.75, 3.05) is 0 Å². The minimum Gasteiger partial charge on any atom is -0.507 e. The Labute approximate surface area is 137 Å². The van der Waals surface area contributed by atoms with E-state index in [0.717, 1.165) is 11.1 Å².